The molecule has 2 aromatic carbocycles. The molecule has 1 aromatic heterocycles. The Morgan fingerprint density at radius 1 is 1.13 bits per heavy atom. The number of hydrogen-bond donors (Lipinski definition) is 0. The van der Waals surface area contributed by atoms with Crippen LogP contribution in [0.2, 0.25) is 0 Å². The fraction of sp³-hybridized carbons (Fsp3) is 0.211. The smallest absolute Gasteiger partial charge is 0.257 e. The van der Waals surface area contributed by atoms with Gasteiger partial charge in [0.1, 0.15) is 17.3 Å². The Labute approximate surface area is 135 Å². The molecule has 0 atom stereocenters. The van der Waals surface area contributed by atoms with E-state index in [2.05, 4.69) is 0 Å². The summed E-state index contributed by atoms with van der Waals surface area (Å²) in [7, 11) is 3.34. The highest BCUT2D eigenvalue weighted by atomic mass is 16.5. The minimum absolute atomic E-state index is 0.0957. The van der Waals surface area contributed by atoms with Crippen LogP contribution in [0.4, 0.5) is 0 Å². The molecule has 4 heteroatoms. The van der Waals surface area contributed by atoms with Crippen LogP contribution < -0.4 is 4.74 Å². The maximum atomic E-state index is 12.8. The molecular formula is C19H19NO3. The third-order valence-corrected chi connectivity index (χ3v) is 3.83. The van der Waals surface area contributed by atoms with Gasteiger partial charge in [0.15, 0.2) is 0 Å². The Bertz CT molecular complexity index is 851. The fourth-order valence-corrected chi connectivity index (χ4v) is 2.64. The van der Waals surface area contributed by atoms with Crippen LogP contribution in [0.25, 0.3) is 10.8 Å². The molecule has 0 bridgehead atoms. The van der Waals surface area contributed by atoms with Crippen LogP contribution in [0.3, 0.4) is 0 Å². The van der Waals surface area contributed by atoms with Crippen molar-refractivity contribution in [2.75, 3.05) is 14.2 Å². The molecule has 0 aliphatic heterocycles. The number of nitrogens with zero attached hydrogens (tertiary/aromatic N) is 1. The summed E-state index contributed by atoms with van der Waals surface area (Å²) in [6.45, 7) is 2.31. The van der Waals surface area contributed by atoms with Gasteiger partial charge in [-0.3, -0.25) is 4.79 Å². The van der Waals surface area contributed by atoms with E-state index in [-0.39, 0.29) is 5.91 Å². The molecular weight excluding hydrogens is 290 g/mol. The van der Waals surface area contributed by atoms with Crippen LogP contribution in [0.15, 0.2) is 52.9 Å². The number of benzene rings is 2. The van der Waals surface area contributed by atoms with Crippen molar-refractivity contribution in [2.24, 2.45) is 0 Å². The van der Waals surface area contributed by atoms with E-state index in [9.17, 15) is 4.79 Å². The predicted molar refractivity (Wildman–Crippen MR) is 89.7 cm³/mol. The minimum Gasteiger partial charge on any atom is -0.496 e. The lowest BCUT2D eigenvalue weighted by atomic mass is 10.0. The molecule has 0 fully saturated rings. The van der Waals surface area contributed by atoms with Crippen molar-refractivity contribution in [2.45, 2.75) is 13.5 Å². The summed E-state index contributed by atoms with van der Waals surface area (Å²) in [5.41, 5.74) is 0.553. The highest BCUT2D eigenvalue weighted by molar-refractivity contribution is 6.01. The number of furan rings is 1. The van der Waals surface area contributed by atoms with Crippen molar-refractivity contribution in [1.29, 1.82) is 0 Å². The Hall–Kier alpha value is -2.75. The largest absolute Gasteiger partial charge is 0.496 e. The number of aryl methyl sites for hydroxylation is 1. The molecule has 1 amide bonds. The van der Waals surface area contributed by atoms with E-state index >= 15 is 0 Å². The number of ether oxygens (including phenoxy) is 1. The average Bonchev–Trinajstić information content (AvgIpc) is 2.97. The topological polar surface area (TPSA) is 42.7 Å². The van der Waals surface area contributed by atoms with Crippen LogP contribution in [0, 0.1) is 6.92 Å². The van der Waals surface area contributed by atoms with Gasteiger partial charge in [-0.1, -0.05) is 24.3 Å². The Balaban J connectivity index is 1.92. The molecule has 0 N–H and O–H groups in total. The molecule has 0 saturated carbocycles. The lowest BCUT2D eigenvalue weighted by Gasteiger charge is -2.18. The zero-order valence-electron chi connectivity index (χ0n) is 13.5. The molecule has 0 aliphatic rings. The molecule has 3 rings (SSSR count). The third-order valence-electron chi connectivity index (χ3n) is 3.83. The number of fused-ring (bicyclic) bond motifs is 1. The van der Waals surface area contributed by atoms with E-state index in [0.29, 0.717) is 17.9 Å². The fourth-order valence-electron chi connectivity index (χ4n) is 2.64. The number of amides is 1. The van der Waals surface area contributed by atoms with Crippen LogP contribution >= 0.6 is 0 Å². The molecule has 0 aliphatic carbocycles. The maximum Gasteiger partial charge on any atom is 0.257 e. The monoisotopic (exact) mass is 309 g/mol. The van der Waals surface area contributed by atoms with E-state index < -0.39 is 0 Å². The summed E-state index contributed by atoms with van der Waals surface area (Å²) in [5.74, 6) is 2.08. The molecule has 0 radical (unpaired) electrons. The third kappa shape index (κ3) is 3.06. The minimum atomic E-state index is -0.0957. The van der Waals surface area contributed by atoms with E-state index in [1.54, 1.807) is 19.1 Å². The Kier molecular flexibility index (Phi) is 4.06. The summed E-state index contributed by atoms with van der Waals surface area (Å²) in [6.07, 6.45) is 0. The van der Waals surface area contributed by atoms with E-state index in [1.807, 2.05) is 55.5 Å². The van der Waals surface area contributed by atoms with Crippen molar-refractivity contribution < 1.29 is 13.9 Å². The Morgan fingerprint density at radius 2 is 1.83 bits per heavy atom. The number of carbonyl (C=O) groups excluding carboxylic acids is 1. The molecule has 3 aromatic rings. The summed E-state index contributed by atoms with van der Waals surface area (Å²) >= 11 is 0. The maximum absolute atomic E-state index is 12.8. The normalized spacial score (nSPS) is 10.7. The number of methoxy groups -OCH3 is 1. The lowest BCUT2D eigenvalue weighted by molar-refractivity contribution is 0.0772. The Morgan fingerprint density at radius 3 is 2.43 bits per heavy atom. The zero-order valence-corrected chi connectivity index (χ0v) is 13.5. The average molecular weight is 309 g/mol. The molecule has 118 valence electrons. The van der Waals surface area contributed by atoms with Crippen molar-refractivity contribution in [3.8, 4) is 5.75 Å². The molecule has 23 heavy (non-hydrogen) atoms. The summed E-state index contributed by atoms with van der Waals surface area (Å²) in [6, 6.07) is 15.5. The lowest BCUT2D eigenvalue weighted by Crippen LogP contribution is -2.26. The van der Waals surface area contributed by atoms with Gasteiger partial charge < -0.3 is 14.1 Å². The van der Waals surface area contributed by atoms with Gasteiger partial charge in [0.05, 0.1) is 19.2 Å². The summed E-state index contributed by atoms with van der Waals surface area (Å²) in [5, 5.41) is 2.06. The van der Waals surface area contributed by atoms with Gasteiger partial charge in [0.25, 0.3) is 5.91 Å². The van der Waals surface area contributed by atoms with Crippen LogP contribution in [0.5, 0.6) is 5.75 Å². The first-order chi connectivity index (χ1) is 11.1. The number of carbonyl (C=O) groups is 1. The van der Waals surface area contributed by atoms with Gasteiger partial charge in [-0.15, -0.1) is 0 Å². The van der Waals surface area contributed by atoms with Gasteiger partial charge in [-0.25, -0.2) is 0 Å². The second kappa shape index (κ2) is 6.16. The van der Waals surface area contributed by atoms with Gasteiger partial charge in [-0.05, 0) is 42.0 Å². The van der Waals surface area contributed by atoms with Gasteiger partial charge >= 0.3 is 0 Å². The molecule has 1 heterocycles. The highest BCUT2D eigenvalue weighted by Crippen LogP contribution is 2.27. The van der Waals surface area contributed by atoms with E-state index in [0.717, 1.165) is 22.3 Å². The predicted octanol–water partition coefficient (Wildman–Crippen LogP) is 4.02. The van der Waals surface area contributed by atoms with Crippen molar-refractivity contribution in [1.82, 2.24) is 4.90 Å². The quantitative estimate of drug-likeness (QED) is 0.731. The molecule has 0 unspecified atom stereocenters. The second-order valence-corrected chi connectivity index (χ2v) is 5.57. The highest BCUT2D eigenvalue weighted by Gasteiger charge is 2.18. The standard InChI is InChI=1S/C19H19NO3/c1-13-8-9-16(23-13)12-20(2)19(21)17-10-14-6-4-5-7-15(14)11-18(17)22-3/h4-11H,12H2,1-3H3. The summed E-state index contributed by atoms with van der Waals surface area (Å²) < 4.78 is 10.9. The first-order valence-corrected chi connectivity index (χ1v) is 7.46. The molecule has 0 saturated heterocycles. The van der Waals surface area contributed by atoms with Crippen molar-refractivity contribution >= 4 is 16.7 Å². The number of hydrogen-bond acceptors (Lipinski definition) is 3. The summed E-state index contributed by atoms with van der Waals surface area (Å²) in [4.78, 5) is 14.4. The second-order valence-electron chi connectivity index (χ2n) is 5.57. The van der Waals surface area contributed by atoms with E-state index in [4.69, 9.17) is 9.15 Å². The SMILES string of the molecule is COc1cc2ccccc2cc1C(=O)N(C)Cc1ccc(C)o1. The van der Waals surface area contributed by atoms with Crippen LogP contribution in [0.1, 0.15) is 21.9 Å². The van der Waals surface area contributed by atoms with Gasteiger partial charge in [-0.2, -0.15) is 0 Å². The van der Waals surface area contributed by atoms with Crippen molar-refractivity contribution in [3.63, 3.8) is 0 Å². The van der Waals surface area contributed by atoms with Gasteiger partial charge in [0, 0.05) is 7.05 Å². The molecule has 0 spiro atoms. The zero-order chi connectivity index (χ0) is 16.4. The van der Waals surface area contributed by atoms with E-state index in [1.165, 1.54) is 0 Å². The van der Waals surface area contributed by atoms with Crippen LogP contribution in [-0.4, -0.2) is 25.0 Å². The first-order valence-electron chi connectivity index (χ1n) is 7.46. The first kappa shape index (κ1) is 15.2. The van der Waals surface area contributed by atoms with Crippen LogP contribution in [-0.2, 0) is 6.54 Å². The van der Waals surface area contributed by atoms with Gasteiger partial charge in [0.2, 0.25) is 0 Å². The molecule has 4 nitrogen and oxygen atoms in total. The number of rotatable bonds is 4. The van der Waals surface area contributed by atoms with Crippen molar-refractivity contribution in [3.05, 3.63) is 65.6 Å².